The lowest BCUT2D eigenvalue weighted by molar-refractivity contribution is 0.227. The number of amidine groups is 1. The number of thiophene rings is 1. The zero-order chi connectivity index (χ0) is 32.1. The summed E-state index contributed by atoms with van der Waals surface area (Å²) < 4.78 is 11.0. The number of benzene rings is 4. The molecule has 2 aliphatic carbocycles. The van der Waals surface area contributed by atoms with E-state index < -0.39 is 0 Å². The molecule has 0 fully saturated rings. The van der Waals surface area contributed by atoms with Crippen LogP contribution in [-0.2, 0) is 6.42 Å². The molecule has 0 N–H and O–H groups in total. The van der Waals surface area contributed by atoms with E-state index in [2.05, 4.69) is 152 Å². The van der Waals surface area contributed by atoms with Crippen molar-refractivity contribution in [3.63, 3.8) is 0 Å². The van der Waals surface area contributed by atoms with E-state index in [4.69, 9.17) is 9.41 Å². The second kappa shape index (κ2) is 10.4. The molecule has 0 saturated heterocycles. The van der Waals surface area contributed by atoms with E-state index >= 15 is 0 Å². The van der Waals surface area contributed by atoms with Gasteiger partial charge in [-0.2, -0.15) is 0 Å². The fourth-order valence-corrected chi connectivity index (χ4v) is 10.1. The number of hydrogen-bond donors (Lipinski definition) is 0. The molecule has 4 nitrogen and oxygen atoms in total. The third-order valence-electron chi connectivity index (χ3n) is 10.9. The molecule has 3 aliphatic rings. The summed E-state index contributed by atoms with van der Waals surface area (Å²) in [7, 11) is 2.17. The van der Waals surface area contributed by atoms with Crippen LogP contribution in [0.25, 0.3) is 48.1 Å². The van der Waals surface area contributed by atoms with Crippen LogP contribution in [0.15, 0.2) is 131 Å². The van der Waals surface area contributed by atoms with Crippen LogP contribution in [0.2, 0.25) is 0 Å². The topological polar surface area (TPSA) is 33.7 Å². The van der Waals surface area contributed by atoms with Crippen LogP contribution in [0.1, 0.15) is 48.4 Å². The van der Waals surface area contributed by atoms with Gasteiger partial charge in [-0.3, -0.25) is 0 Å². The van der Waals surface area contributed by atoms with E-state index in [1.807, 2.05) is 11.3 Å². The number of para-hydroxylation sites is 2. The highest BCUT2D eigenvalue weighted by atomic mass is 32.1. The summed E-state index contributed by atoms with van der Waals surface area (Å²) in [6.45, 7) is 4.70. The Hall–Kier alpha value is -5.13. The number of furan rings is 1. The Kier molecular flexibility index (Phi) is 6.07. The van der Waals surface area contributed by atoms with Crippen LogP contribution >= 0.6 is 11.3 Å². The van der Waals surface area contributed by atoms with Gasteiger partial charge in [-0.1, -0.05) is 111 Å². The summed E-state index contributed by atoms with van der Waals surface area (Å²) in [5.74, 6) is 2.92. The zero-order valence-electron chi connectivity index (χ0n) is 27.2. The van der Waals surface area contributed by atoms with Gasteiger partial charge in [0.1, 0.15) is 11.5 Å². The molecule has 7 aromatic rings. The van der Waals surface area contributed by atoms with Crippen molar-refractivity contribution in [2.45, 2.75) is 32.2 Å². The number of aromatic nitrogens is 1. The van der Waals surface area contributed by atoms with Gasteiger partial charge < -0.3 is 13.9 Å². The van der Waals surface area contributed by atoms with Crippen molar-refractivity contribution in [3.8, 4) is 16.1 Å². The molecule has 4 atom stereocenters. The molecule has 234 valence electrons. The lowest BCUT2D eigenvalue weighted by Gasteiger charge is -2.39. The highest BCUT2D eigenvalue weighted by molar-refractivity contribution is 7.22. The Morgan fingerprint density at radius 1 is 0.792 bits per heavy atom. The minimum Gasteiger partial charge on any atom is -0.454 e. The maximum Gasteiger partial charge on any atom is 0.160 e. The van der Waals surface area contributed by atoms with Crippen LogP contribution in [-0.4, -0.2) is 22.4 Å². The van der Waals surface area contributed by atoms with Gasteiger partial charge in [-0.05, 0) is 53.5 Å². The van der Waals surface area contributed by atoms with E-state index in [1.54, 1.807) is 0 Å². The highest BCUT2D eigenvalue weighted by Crippen LogP contribution is 2.54. The lowest BCUT2D eigenvalue weighted by Crippen LogP contribution is -2.39. The van der Waals surface area contributed by atoms with Crippen molar-refractivity contribution in [1.29, 1.82) is 0 Å². The average molecular weight is 642 g/mol. The van der Waals surface area contributed by atoms with Gasteiger partial charge in [0.2, 0.25) is 0 Å². The van der Waals surface area contributed by atoms with E-state index in [1.165, 1.54) is 42.7 Å². The number of hydrogen-bond acceptors (Lipinski definition) is 4. The molecule has 48 heavy (non-hydrogen) atoms. The Bertz CT molecular complexity index is 2510. The van der Waals surface area contributed by atoms with Crippen molar-refractivity contribution in [2.24, 2.45) is 16.8 Å². The lowest BCUT2D eigenvalue weighted by atomic mass is 9.81. The molecule has 1 aliphatic heterocycles. The van der Waals surface area contributed by atoms with E-state index in [0.717, 1.165) is 45.9 Å². The molecule has 4 aromatic carbocycles. The molecule has 0 spiro atoms. The summed E-state index contributed by atoms with van der Waals surface area (Å²) in [6.07, 6.45) is 9.96. The van der Waals surface area contributed by atoms with Crippen molar-refractivity contribution in [1.82, 2.24) is 9.47 Å². The average Bonchev–Trinajstić information content (AvgIpc) is 3.79. The Morgan fingerprint density at radius 3 is 2.40 bits per heavy atom. The first-order chi connectivity index (χ1) is 23.6. The Morgan fingerprint density at radius 2 is 1.54 bits per heavy atom. The van der Waals surface area contributed by atoms with Crippen LogP contribution in [0.5, 0.6) is 0 Å². The van der Waals surface area contributed by atoms with Crippen molar-refractivity contribution in [3.05, 3.63) is 144 Å². The molecule has 0 amide bonds. The molecule has 0 bridgehead atoms. The third kappa shape index (κ3) is 3.85. The summed E-state index contributed by atoms with van der Waals surface area (Å²) in [4.78, 5) is 9.14. The molecular weight excluding hydrogens is 607 g/mol. The summed E-state index contributed by atoms with van der Waals surface area (Å²) in [5, 5.41) is 3.77. The molecule has 0 saturated carbocycles. The maximum absolute atomic E-state index is 7.17. The molecule has 5 heteroatoms. The van der Waals surface area contributed by atoms with E-state index in [-0.39, 0.29) is 12.0 Å². The first-order valence-electron chi connectivity index (χ1n) is 17.0. The number of aliphatic imine (C=N–C) groups is 1. The molecule has 4 unspecified atom stereocenters. The van der Waals surface area contributed by atoms with Gasteiger partial charge in [0.05, 0.1) is 17.2 Å². The third-order valence-corrected chi connectivity index (χ3v) is 12.1. The number of rotatable bonds is 3. The monoisotopic (exact) mass is 641 g/mol. The van der Waals surface area contributed by atoms with Crippen LogP contribution in [0.4, 0.5) is 5.69 Å². The summed E-state index contributed by atoms with van der Waals surface area (Å²) >= 11 is 1.94. The normalized spacial score (nSPS) is 21.5. The van der Waals surface area contributed by atoms with Gasteiger partial charge in [0.15, 0.2) is 11.3 Å². The summed E-state index contributed by atoms with van der Waals surface area (Å²) in [5.41, 5.74) is 9.51. The molecular formula is C43H35N3OS. The number of nitrogens with zero attached hydrogens (tertiary/aromatic N) is 3. The molecule has 4 heterocycles. The van der Waals surface area contributed by atoms with Gasteiger partial charge in [-0.25, -0.2) is 4.99 Å². The smallest absolute Gasteiger partial charge is 0.160 e. The van der Waals surface area contributed by atoms with Gasteiger partial charge in [0.25, 0.3) is 0 Å². The molecule has 10 rings (SSSR count). The minimum atomic E-state index is 0.000561. The maximum atomic E-state index is 7.17. The predicted octanol–water partition coefficient (Wildman–Crippen LogP) is 11.4. The Balaban J connectivity index is 1.25. The van der Waals surface area contributed by atoms with Gasteiger partial charge in [-0.15, -0.1) is 11.3 Å². The quantitative estimate of drug-likeness (QED) is 0.192. The van der Waals surface area contributed by atoms with E-state index in [9.17, 15) is 0 Å². The van der Waals surface area contributed by atoms with Gasteiger partial charge >= 0.3 is 0 Å². The van der Waals surface area contributed by atoms with Crippen molar-refractivity contribution >= 4 is 54.8 Å². The second-order valence-corrected chi connectivity index (χ2v) is 14.7. The SMILES string of the molecule is CC1Cc2c(c3ccccc3n2-c2cccc3c4c(oc23)C(C2C=CC=CC2C)N(C)C(c2ccccc2)=N4)-c2sc3ccccc3c21. The Labute approximate surface area is 284 Å². The largest absolute Gasteiger partial charge is 0.454 e. The minimum absolute atomic E-state index is 0.000561. The molecule has 0 radical (unpaired) electrons. The summed E-state index contributed by atoms with van der Waals surface area (Å²) in [6, 6.07) is 35.0. The number of fused-ring (bicyclic) bond motifs is 10. The fraction of sp³-hybridized carbons (Fsp3) is 0.186. The number of allylic oxidation sites excluding steroid dienone is 3. The first-order valence-corrected chi connectivity index (χ1v) is 17.8. The zero-order valence-corrected chi connectivity index (χ0v) is 28.0. The van der Waals surface area contributed by atoms with Crippen LogP contribution in [0, 0.1) is 11.8 Å². The van der Waals surface area contributed by atoms with Gasteiger partial charge in [0, 0.05) is 50.1 Å². The van der Waals surface area contributed by atoms with Crippen LogP contribution in [0.3, 0.4) is 0 Å². The van der Waals surface area contributed by atoms with Crippen molar-refractivity contribution in [2.75, 3.05) is 7.05 Å². The highest BCUT2D eigenvalue weighted by Gasteiger charge is 2.40. The van der Waals surface area contributed by atoms with E-state index in [0.29, 0.717) is 11.8 Å². The molecule has 3 aromatic heterocycles. The fourth-order valence-electron chi connectivity index (χ4n) is 8.66. The van der Waals surface area contributed by atoms with Crippen molar-refractivity contribution < 1.29 is 4.42 Å². The standard InChI is InChI=1S/C43H35N3OS/c1-25-14-7-8-17-28(25)39-41-38(44-43(45(39)3)27-15-5-4-6-16-27)31-20-13-22-33(40(31)47-41)46-32-21-11-9-18-29(32)37-34(46)24-26(2)36-30-19-10-12-23-35(30)48-42(36)37/h4-23,25-26,28,39H,24H2,1-3H3. The van der Waals surface area contributed by atoms with Crippen LogP contribution < -0.4 is 0 Å². The second-order valence-electron chi connectivity index (χ2n) is 13.7. The predicted molar refractivity (Wildman–Crippen MR) is 200 cm³/mol. The first kappa shape index (κ1) is 27.9.